The van der Waals surface area contributed by atoms with E-state index in [1.54, 1.807) is 6.08 Å². The molecule has 0 bridgehead atoms. The maximum Gasteiger partial charge on any atom is 0.119 e. The average molecular weight is 287 g/mol. The molecule has 3 heteroatoms. The third-order valence-electron chi connectivity index (χ3n) is 3.09. The predicted molar refractivity (Wildman–Crippen MR) is 86.4 cm³/mol. The molecule has 20 heavy (non-hydrogen) atoms. The number of rotatable bonds is 7. The zero-order valence-corrected chi connectivity index (χ0v) is 12.9. The quantitative estimate of drug-likeness (QED) is 0.759. The highest BCUT2D eigenvalue weighted by Gasteiger charge is 2.06. The highest BCUT2D eigenvalue weighted by molar-refractivity contribution is 7.12. The van der Waals surface area contributed by atoms with Crippen molar-refractivity contribution in [3.8, 4) is 5.75 Å². The van der Waals surface area contributed by atoms with E-state index in [4.69, 9.17) is 4.74 Å². The number of hydrogen-bond donors (Lipinski definition) is 1. The molecule has 1 aromatic carbocycles. The van der Waals surface area contributed by atoms with Crippen molar-refractivity contribution in [1.29, 1.82) is 0 Å². The van der Waals surface area contributed by atoms with Crippen molar-refractivity contribution in [2.24, 2.45) is 0 Å². The molecule has 1 aromatic heterocycles. The van der Waals surface area contributed by atoms with E-state index in [1.807, 2.05) is 23.5 Å². The maximum absolute atomic E-state index is 5.47. The van der Waals surface area contributed by atoms with E-state index >= 15 is 0 Å². The molecule has 1 N–H and O–H groups in total. The molecule has 0 saturated carbocycles. The summed E-state index contributed by atoms with van der Waals surface area (Å²) in [6.45, 7) is 9.39. The van der Waals surface area contributed by atoms with Crippen LogP contribution in [0.2, 0.25) is 0 Å². The smallest absolute Gasteiger partial charge is 0.119 e. The zero-order chi connectivity index (χ0) is 14.4. The van der Waals surface area contributed by atoms with Crippen LogP contribution in [0.1, 0.15) is 28.3 Å². The molecule has 1 unspecified atom stereocenters. The summed E-state index contributed by atoms with van der Waals surface area (Å²) in [7, 11) is 0. The van der Waals surface area contributed by atoms with E-state index in [0.717, 1.165) is 12.3 Å². The Labute approximate surface area is 125 Å². The van der Waals surface area contributed by atoms with Crippen LogP contribution in [0.4, 0.5) is 0 Å². The molecule has 0 radical (unpaired) electrons. The van der Waals surface area contributed by atoms with Gasteiger partial charge in [0.1, 0.15) is 12.4 Å². The van der Waals surface area contributed by atoms with Crippen molar-refractivity contribution in [3.63, 3.8) is 0 Å². The first-order valence-electron chi connectivity index (χ1n) is 6.81. The van der Waals surface area contributed by atoms with Crippen molar-refractivity contribution in [3.05, 3.63) is 64.4 Å². The van der Waals surface area contributed by atoms with Gasteiger partial charge in [-0.15, -0.1) is 11.3 Å². The van der Waals surface area contributed by atoms with Crippen LogP contribution >= 0.6 is 11.3 Å². The van der Waals surface area contributed by atoms with E-state index in [1.165, 1.54) is 15.3 Å². The van der Waals surface area contributed by atoms with Gasteiger partial charge in [-0.25, -0.2) is 0 Å². The van der Waals surface area contributed by atoms with E-state index in [2.05, 4.69) is 50.0 Å². The summed E-state index contributed by atoms with van der Waals surface area (Å²) in [6, 6.07) is 12.9. The van der Waals surface area contributed by atoms with E-state index in [0.29, 0.717) is 12.6 Å². The lowest BCUT2D eigenvalue weighted by Crippen LogP contribution is -2.17. The molecule has 2 rings (SSSR count). The molecule has 106 valence electrons. The summed E-state index contributed by atoms with van der Waals surface area (Å²) < 4.78 is 5.47. The summed E-state index contributed by atoms with van der Waals surface area (Å²) in [5.41, 5.74) is 1.26. The SMILES string of the molecule is C=CCOc1ccc(CNC(C)c2ccc(C)s2)cc1. The van der Waals surface area contributed by atoms with E-state index < -0.39 is 0 Å². The molecule has 1 atom stereocenters. The topological polar surface area (TPSA) is 21.3 Å². The highest BCUT2D eigenvalue weighted by Crippen LogP contribution is 2.22. The third kappa shape index (κ3) is 4.22. The summed E-state index contributed by atoms with van der Waals surface area (Å²) in [5, 5.41) is 3.54. The second-order valence-corrected chi connectivity index (χ2v) is 6.11. The van der Waals surface area contributed by atoms with Crippen LogP contribution in [0.25, 0.3) is 0 Å². The van der Waals surface area contributed by atoms with Gasteiger partial charge in [-0.3, -0.25) is 0 Å². The van der Waals surface area contributed by atoms with Gasteiger partial charge in [-0.05, 0) is 43.7 Å². The Kier molecular flexibility index (Phi) is 5.39. The Hall–Kier alpha value is -1.58. The lowest BCUT2D eigenvalue weighted by atomic mass is 10.2. The lowest BCUT2D eigenvalue weighted by Gasteiger charge is -2.12. The van der Waals surface area contributed by atoms with Crippen LogP contribution in [-0.2, 0) is 6.54 Å². The second kappa shape index (κ2) is 7.27. The van der Waals surface area contributed by atoms with Crippen molar-refractivity contribution < 1.29 is 4.74 Å². The summed E-state index contributed by atoms with van der Waals surface area (Å²) in [5.74, 6) is 0.885. The number of nitrogens with one attached hydrogen (secondary N) is 1. The fourth-order valence-corrected chi connectivity index (χ4v) is 2.82. The maximum atomic E-state index is 5.47. The first-order chi connectivity index (χ1) is 9.69. The second-order valence-electron chi connectivity index (χ2n) is 4.79. The van der Waals surface area contributed by atoms with Crippen molar-refractivity contribution in [1.82, 2.24) is 5.32 Å². The fourth-order valence-electron chi connectivity index (χ4n) is 1.92. The Balaban J connectivity index is 1.85. The monoisotopic (exact) mass is 287 g/mol. The third-order valence-corrected chi connectivity index (χ3v) is 4.27. The average Bonchev–Trinajstić information content (AvgIpc) is 2.90. The van der Waals surface area contributed by atoms with E-state index in [9.17, 15) is 0 Å². The van der Waals surface area contributed by atoms with Gasteiger partial charge in [0.05, 0.1) is 0 Å². The Morgan fingerprint density at radius 3 is 2.60 bits per heavy atom. The largest absolute Gasteiger partial charge is 0.490 e. The van der Waals surface area contributed by atoms with Gasteiger partial charge in [0.2, 0.25) is 0 Å². The number of ether oxygens (including phenoxy) is 1. The molecule has 0 aliphatic carbocycles. The van der Waals surface area contributed by atoms with Crippen LogP contribution < -0.4 is 10.1 Å². The Bertz CT molecular complexity index is 544. The summed E-state index contributed by atoms with van der Waals surface area (Å²) in [6.07, 6.45) is 1.75. The molecule has 2 nitrogen and oxygen atoms in total. The van der Waals surface area contributed by atoms with Crippen molar-refractivity contribution >= 4 is 11.3 Å². The minimum absolute atomic E-state index is 0.380. The number of aryl methyl sites for hydroxylation is 1. The van der Waals surface area contributed by atoms with Gasteiger partial charge < -0.3 is 10.1 Å². The van der Waals surface area contributed by atoms with Gasteiger partial charge in [-0.2, -0.15) is 0 Å². The van der Waals surface area contributed by atoms with Gasteiger partial charge in [0.15, 0.2) is 0 Å². The first kappa shape index (κ1) is 14.8. The van der Waals surface area contributed by atoms with Crippen molar-refractivity contribution in [2.45, 2.75) is 26.4 Å². The molecule has 2 aromatic rings. The number of thiophene rings is 1. The van der Waals surface area contributed by atoms with Crippen LogP contribution in [0.3, 0.4) is 0 Å². The van der Waals surface area contributed by atoms with E-state index in [-0.39, 0.29) is 0 Å². The normalized spacial score (nSPS) is 12.1. The molecule has 0 fully saturated rings. The molecule has 0 saturated heterocycles. The summed E-state index contributed by atoms with van der Waals surface area (Å²) >= 11 is 1.85. The number of hydrogen-bond acceptors (Lipinski definition) is 3. The van der Waals surface area contributed by atoms with Crippen LogP contribution in [0.15, 0.2) is 49.1 Å². The highest BCUT2D eigenvalue weighted by atomic mass is 32.1. The van der Waals surface area contributed by atoms with Crippen molar-refractivity contribution in [2.75, 3.05) is 6.61 Å². The van der Waals surface area contributed by atoms with Crippen LogP contribution in [0, 0.1) is 6.92 Å². The minimum atomic E-state index is 0.380. The molecule has 0 amide bonds. The minimum Gasteiger partial charge on any atom is -0.490 e. The number of benzene rings is 1. The van der Waals surface area contributed by atoms with Gasteiger partial charge >= 0.3 is 0 Å². The molecule has 0 aliphatic heterocycles. The van der Waals surface area contributed by atoms with Gasteiger partial charge in [-0.1, -0.05) is 24.8 Å². The first-order valence-corrected chi connectivity index (χ1v) is 7.63. The molecular formula is C17H21NOS. The standard InChI is InChI=1S/C17H21NOS/c1-4-11-19-16-8-6-15(7-9-16)12-18-14(3)17-10-5-13(2)20-17/h4-10,14,18H,1,11-12H2,2-3H3. The molecular weight excluding hydrogens is 266 g/mol. The molecule has 1 heterocycles. The van der Waals surface area contributed by atoms with Gasteiger partial charge in [0, 0.05) is 22.3 Å². The molecule has 0 spiro atoms. The molecule has 0 aliphatic rings. The zero-order valence-electron chi connectivity index (χ0n) is 12.1. The fraction of sp³-hybridized carbons (Fsp3) is 0.294. The Morgan fingerprint density at radius 2 is 2.00 bits per heavy atom. The van der Waals surface area contributed by atoms with Gasteiger partial charge in [0.25, 0.3) is 0 Å². The van der Waals surface area contributed by atoms with Crippen LogP contribution in [-0.4, -0.2) is 6.61 Å². The Morgan fingerprint density at radius 1 is 1.25 bits per heavy atom. The lowest BCUT2D eigenvalue weighted by molar-refractivity contribution is 0.363. The predicted octanol–water partition coefficient (Wildman–Crippen LogP) is 4.47. The summed E-state index contributed by atoms with van der Waals surface area (Å²) in [4.78, 5) is 2.74. The van der Waals surface area contributed by atoms with Crippen LogP contribution in [0.5, 0.6) is 5.75 Å².